The quantitative estimate of drug-likeness (QED) is 0.859. The van der Waals surface area contributed by atoms with Gasteiger partial charge in [0.2, 0.25) is 0 Å². The summed E-state index contributed by atoms with van der Waals surface area (Å²) in [5.41, 5.74) is 5.21. The molecule has 0 radical (unpaired) electrons. The van der Waals surface area contributed by atoms with Crippen molar-refractivity contribution >= 4 is 5.69 Å². The zero-order valence-corrected chi connectivity index (χ0v) is 13.5. The lowest BCUT2D eigenvalue weighted by Gasteiger charge is -2.26. The standard InChI is InChI=1S/C17H29NO/c1-12-8-14(16(3,4)5)9-13(2)15(12)18-10-17(6,7)11-19/h8-9,18-19H,10-11H2,1-7H3. The number of hydrogen-bond donors (Lipinski definition) is 2. The minimum atomic E-state index is -0.0957. The first-order chi connectivity index (χ1) is 8.57. The molecule has 0 fully saturated rings. The van der Waals surface area contributed by atoms with Crippen LogP contribution in [0.2, 0.25) is 0 Å². The summed E-state index contributed by atoms with van der Waals surface area (Å²) in [6.07, 6.45) is 0. The van der Waals surface area contributed by atoms with Crippen LogP contribution in [0.3, 0.4) is 0 Å². The molecule has 0 heterocycles. The van der Waals surface area contributed by atoms with Crippen molar-refractivity contribution in [3.05, 3.63) is 28.8 Å². The molecule has 1 rings (SSSR count). The summed E-state index contributed by atoms with van der Waals surface area (Å²) < 4.78 is 0. The fraction of sp³-hybridized carbons (Fsp3) is 0.647. The predicted molar refractivity (Wildman–Crippen MR) is 84.0 cm³/mol. The molecule has 0 bridgehead atoms. The predicted octanol–water partition coefficient (Wildman–Crippen LogP) is 4.03. The Labute approximate surface area is 118 Å². The number of rotatable bonds is 4. The van der Waals surface area contributed by atoms with E-state index in [0.717, 1.165) is 6.54 Å². The molecule has 0 atom stereocenters. The van der Waals surface area contributed by atoms with Crippen LogP contribution in [0, 0.1) is 19.3 Å². The van der Waals surface area contributed by atoms with Crippen LogP contribution < -0.4 is 5.32 Å². The van der Waals surface area contributed by atoms with Crippen LogP contribution >= 0.6 is 0 Å². The molecule has 1 aromatic rings. The minimum Gasteiger partial charge on any atom is -0.396 e. The summed E-state index contributed by atoms with van der Waals surface area (Å²) >= 11 is 0. The fourth-order valence-electron chi connectivity index (χ4n) is 2.06. The van der Waals surface area contributed by atoms with Gasteiger partial charge in [0.15, 0.2) is 0 Å². The molecule has 2 nitrogen and oxygen atoms in total. The number of hydrogen-bond acceptors (Lipinski definition) is 2. The average Bonchev–Trinajstić information content (AvgIpc) is 2.26. The first-order valence-electron chi connectivity index (χ1n) is 7.03. The second kappa shape index (κ2) is 5.54. The number of aryl methyl sites for hydroxylation is 2. The molecule has 108 valence electrons. The van der Waals surface area contributed by atoms with Gasteiger partial charge in [0, 0.05) is 24.3 Å². The van der Waals surface area contributed by atoms with Gasteiger partial charge in [0.25, 0.3) is 0 Å². The molecule has 0 saturated carbocycles. The number of aliphatic hydroxyl groups excluding tert-OH is 1. The third-order valence-electron chi connectivity index (χ3n) is 3.57. The maximum Gasteiger partial charge on any atom is 0.0498 e. The monoisotopic (exact) mass is 263 g/mol. The molecule has 2 heteroatoms. The maximum atomic E-state index is 9.32. The van der Waals surface area contributed by atoms with Crippen molar-refractivity contribution in [2.24, 2.45) is 5.41 Å². The maximum absolute atomic E-state index is 9.32. The van der Waals surface area contributed by atoms with E-state index in [2.05, 4.69) is 65.9 Å². The zero-order chi connectivity index (χ0) is 14.8. The second-order valence-electron chi connectivity index (χ2n) is 7.41. The fourth-order valence-corrected chi connectivity index (χ4v) is 2.06. The van der Waals surface area contributed by atoms with Gasteiger partial charge in [-0.25, -0.2) is 0 Å². The van der Waals surface area contributed by atoms with Crippen molar-refractivity contribution in [1.82, 2.24) is 0 Å². The normalized spacial score (nSPS) is 12.6. The van der Waals surface area contributed by atoms with E-state index < -0.39 is 0 Å². The lowest BCUT2D eigenvalue weighted by atomic mass is 9.84. The van der Waals surface area contributed by atoms with Gasteiger partial charge in [-0.1, -0.05) is 46.8 Å². The van der Waals surface area contributed by atoms with Gasteiger partial charge < -0.3 is 10.4 Å². The Hall–Kier alpha value is -1.02. The van der Waals surface area contributed by atoms with Crippen LogP contribution in [0.25, 0.3) is 0 Å². The molecule has 19 heavy (non-hydrogen) atoms. The molecular weight excluding hydrogens is 234 g/mol. The molecule has 2 N–H and O–H groups in total. The average molecular weight is 263 g/mol. The van der Waals surface area contributed by atoms with Gasteiger partial charge in [0.05, 0.1) is 0 Å². The summed E-state index contributed by atoms with van der Waals surface area (Å²) in [6.45, 7) is 16.1. The van der Waals surface area contributed by atoms with Crippen LogP contribution in [-0.4, -0.2) is 18.3 Å². The smallest absolute Gasteiger partial charge is 0.0498 e. The van der Waals surface area contributed by atoms with Crippen molar-refractivity contribution in [3.8, 4) is 0 Å². The molecule has 0 saturated heterocycles. The SMILES string of the molecule is Cc1cc(C(C)(C)C)cc(C)c1NCC(C)(C)CO. The Bertz CT molecular complexity index is 418. The first-order valence-corrected chi connectivity index (χ1v) is 7.03. The molecule has 0 aliphatic carbocycles. The van der Waals surface area contributed by atoms with Crippen LogP contribution in [0.5, 0.6) is 0 Å². The topological polar surface area (TPSA) is 32.3 Å². The highest BCUT2D eigenvalue weighted by molar-refractivity contribution is 5.59. The molecule has 1 aromatic carbocycles. The highest BCUT2D eigenvalue weighted by Gasteiger charge is 2.19. The number of benzene rings is 1. The van der Waals surface area contributed by atoms with E-state index in [0.29, 0.717) is 0 Å². The molecule has 0 amide bonds. The summed E-state index contributed by atoms with van der Waals surface area (Å²) in [5, 5.41) is 12.8. The Morgan fingerprint density at radius 1 is 1.00 bits per heavy atom. The van der Waals surface area contributed by atoms with Gasteiger partial charge in [0.1, 0.15) is 0 Å². The van der Waals surface area contributed by atoms with E-state index in [-0.39, 0.29) is 17.4 Å². The van der Waals surface area contributed by atoms with E-state index >= 15 is 0 Å². The highest BCUT2D eigenvalue weighted by atomic mass is 16.3. The highest BCUT2D eigenvalue weighted by Crippen LogP contribution is 2.30. The lowest BCUT2D eigenvalue weighted by molar-refractivity contribution is 0.171. The van der Waals surface area contributed by atoms with Crippen LogP contribution in [0.15, 0.2) is 12.1 Å². The van der Waals surface area contributed by atoms with E-state index in [1.807, 2.05) is 0 Å². The van der Waals surface area contributed by atoms with Crippen LogP contribution in [0.1, 0.15) is 51.3 Å². The third-order valence-corrected chi connectivity index (χ3v) is 3.57. The largest absolute Gasteiger partial charge is 0.396 e. The molecule has 0 unspecified atom stereocenters. The summed E-state index contributed by atoms with van der Waals surface area (Å²) in [4.78, 5) is 0. The number of aliphatic hydroxyl groups is 1. The van der Waals surface area contributed by atoms with E-state index in [1.165, 1.54) is 22.4 Å². The lowest BCUT2D eigenvalue weighted by Crippen LogP contribution is -2.27. The van der Waals surface area contributed by atoms with Crippen LogP contribution in [-0.2, 0) is 5.41 Å². The number of anilines is 1. The zero-order valence-electron chi connectivity index (χ0n) is 13.5. The second-order valence-corrected chi connectivity index (χ2v) is 7.41. The molecule has 0 spiro atoms. The Balaban J connectivity index is 2.99. The van der Waals surface area contributed by atoms with Gasteiger partial charge in [-0.2, -0.15) is 0 Å². The van der Waals surface area contributed by atoms with Crippen molar-refractivity contribution in [2.75, 3.05) is 18.5 Å². The summed E-state index contributed by atoms with van der Waals surface area (Å²) in [6, 6.07) is 4.53. The molecule has 0 aliphatic heterocycles. The Morgan fingerprint density at radius 3 is 1.84 bits per heavy atom. The van der Waals surface area contributed by atoms with Crippen LogP contribution in [0.4, 0.5) is 5.69 Å². The molecule has 0 aromatic heterocycles. The van der Waals surface area contributed by atoms with Crippen molar-refractivity contribution in [3.63, 3.8) is 0 Å². The molecular formula is C17H29NO. The Morgan fingerprint density at radius 2 is 1.47 bits per heavy atom. The Kier molecular flexibility index (Phi) is 4.67. The van der Waals surface area contributed by atoms with Crippen molar-refractivity contribution in [1.29, 1.82) is 0 Å². The third kappa shape index (κ3) is 4.24. The summed E-state index contributed by atoms with van der Waals surface area (Å²) in [5.74, 6) is 0. The minimum absolute atomic E-state index is 0.0957. The number of nitrogens with one attached hydrogen (secondary N) is 1. The van der Waals surface area contributed by atoms with Crippen molar-refractivity contribution in [2.45, 2.75) is 53.9 Å². The van der Waals surface area contributed by atoms with Gasteiger partial charge in [-0.15, -0.1) is 0 Å². The van der Waals surface area contributed by atoms with Crippen molar-refractivity contribution < 1.29 is 5.11 Å². The van der Waals surface area contributed by atoms with Gasteiger partial charge in [-0.3, -0.25) is 0 Å². The van der Waals surface area contributed by atoms with Gasteiger partial charge >= 0.3 is 0 Å². The van der Waals surface area contributed by atoms with E-state index in [1.54, 1.807) is 0 Å². The van der Waals surface area contributed by atoms with Gasteiger partial charge in [-0.05, 0) is 36.0 Å². The van der Waals surface area contributed by atoms with E-state index in [4.69, 9.17) is 0 Å². The molecule has 0 aliphatic rings. The van der Waals surface area contributed by atoms with E-state index in [9.17, 15) is 5.11 Å². The first kappa shape index (κ1) is 16.0. The summed E-state index contributed by atoms with van der Waals surface area (Å²) in [7, 11) is 0.